The highest BCUT2D eigenvalue weighted by Gasteiger charge is 2.66. The molecule has 0 bridgehead atoms. The third-order valence-electron chi connectivity index (χ3n) is 0.975. The van der Waals surface area contributed by atoms with Gasteiger partial charge in [0, 0.05) is 0 Å². The van der Waals surface area contributed by atoms with E-state index in [1.54, 1.807) is 0 Å². The number of hydrogen-bond acceptors (Lipinski definition) is 3. The van der Waals surface area contributed by atoms with Crippen LogP contribution < -0.4 is 0 Å². The summed E-state index contributed by atoms with van der Waals surface area (Å²) in [6.45, 7) is 0. The van der Waals surface area contributed by atoms with Crippen LogP contribution in [0.2, 0.25) is 0 Å². The zero-order valence-corrected chi connectivity index (χ0v) is 6.59. The fourth-order valence-corrected chi connectivity index (χ4v) is 1.06. The Bertz CT molecular complexity index is 323. The van der Waals surface area contributed by atoms with Crippen molar-refractivity contribution >= 4 is 9.84 Å². The Labute approximate surface area is 69.7 Å². The highest BCUT2D eigenvalue weighted by Crippen LogP contribution is 2.39. The van der Waals surface area contributed by atoms with Crippen molar-refractivity contribution in [2.45, 2.75) is 11.4 Å². The molecule has 0 heterocycles. The van der Waals surface area contributed by atoms with Gasteiger partial charge in [-0.1, -0.05) is 0 Å². The molecule has 0 fully saturated rings. The monoisotopic (exact) mass is 223 g/mol. The van der Waals surface area contributed by atoms with Gasteiger partial charge in [-0.15, -0.1) is 0 Å². The van der Waals surface area contributed by atoms with E-state index in [9.17, 15) is 30.4 Å². The zero-order valence-electron chi connectivity index (χ0n) is 5.77. The summed E-state index contributed by atoms with van der Waals surface area (Å²) in [5.74, 6) is -1.88. The summed E-state index contributed by atoms with van der Waals surface area (Å²) in [6.07, 6.45) is -6.19. The van der Waals surface area contributed by atoms with Gasteiger partial charge >= 0.3 is 11.4 Å². The maximum atomic E-state index is 12.0. The maximum Gasteiger partial charge on any atom is 0.469 e. The van der Waals surface area contributed by atoms with Crippen LogP contribution in [0.5, 0.6) is 0 Å². The Morgan fingerprint density at radius 3 is 1.77 bits per heavy atom. The normalized spacial score (nSPS) is 13.8. The molecule has 0 aliphatic rings. The number of nitriles is 1. The van der Waals surface area contributed by atoms with Crippen LogP contribution in [-0.4, -0.2) is 25.6 Å². The first-order chi connectivity index (χ1) is 5.56. The van der Waals surface area contributed by atoms with E-state index in [0.717, 1.165) is 6.07 Å². The summed E-state index contributed by atoms with van der Waals surface area (Å²) in [5.41, 5.74) is 0. The average Bonchev–Trinajstić information content (AvgIpc) is 1.84. The van der Waals surface area contributed by atoms with Gasteiger partial charge in [-0.25, -0.2) is 8.42 Å². The first kappa shape index (κ1) is 12.1. The first-order valence-corrected chi connectivity index (χ1v) is 4.25. The van der Waals surface area contributed by atoms with Crippen molar-refractivity contribution in [1.29, 1.82) is 5.26 Å². The second-order valence-corrected chi connectivity index (χ2v) is 3.96. The minimum atomic E-state index is -6.19. The van der Waals surface area contributed by atoms with Crippen LogP contribution in [-0.2, 0) is 9.84 Å². The van der Waals surface area contributed by atoms with Gasteiger partial charge in [0.1, 0.15) is 5.75 Å². The van der Waals surface area contributed by atoms with Crippen molar-refractivity contribution in [2.24, 2.45) is 0 Å². The zero-order chi connectivity index (χ0) is 10.9. The highest BCUT2D eigenvalue weighted by molar-refractivity contribution is 7.92. The van der Waals surface area contributed by atoms with Crippen molar-refractivity contribution in [2.75, 3.05) is 5.75 Å². The molecule has 3 nitrogen and oxygen atoms in total. The van der Waals surface area contributed by atoms with Crippen molar-refractivity contribution in [3.63, 3.8) is 0 Å². The maximum absolute atomic E-state index is 12.0. The molecule has 0 spiro atoms. The topological polar surface area (TPSA) is 57.9 Å². The third kappa shape index (κ3) is 2.06. The number of halogens is 5. The molecule has 0 aliphatic heterocycles. The molecule has 0 N–H and O–H groups in total. The summed E-state index contributed by atoms with van der Waals surface area (Å²) in [4.78, 5) is 0. The van der Waals surface area contributed by atoms with Gasteiger partial charge in [0.05, 0.1) is 6.07 Å². The standard InChI is InChI=1S/C4H2F5NO2S/c5-3(6,7)4(8,9)13(11,12)2-1-10/h2H2. The molecule has 0 aromatic rings. The molecule has 0 unspecified atom stereocenters. The Balaban J connectivity index is 5.21. The van der Waals surface area contributed by atoms with Gasteiger partial charge in [-0.3, -0.25) is 0 Å². The number of hydrogen-bond donors (Lipinski definition) is 0. The van der Waals surface area contributed by atoms with Crippen LogP contribution in [0, 0.1) is 11.3 Å². The van der Waals surface area contributed by atoms with E-state index < -0.39 is 27.0 Å². The van der Waals surface area contributed by atoms with Crippen molar-refractivity contribution in [3.8, 4) is 6.07 Å². The van der Waals surface area contributed by atoms with E-state index >= 15 is 0 Å². The lowest BCUT2D eigenvalue weighted by Gasteiger charge is -2.17. The van der Waals surface area contributed by atoms with E-state index in [1.165, 1.54) is 0 Å². The highest BCUT2D eigenvalue weighted by atomic mass is 32.2. The first-order valence-electron chi connectivity index (χ1n) is 2.60. The second kappa shape index (κ2) is 3.10. The Morgan fingerprint density at radius 2 is 1.54 bits per heavy atom. The fourth-order valence-electron chi connectivity index (χ4n) is 0.352. The van der Waals surface area contributed by atoms with Crippen molar-refractivity contribution in [1.82, 2.24) is 0 Å². The van der Waals surface area contributed by atoms with Crippen LogP contribution in [0.25, 0.3) is 0 Å². The molecule has 0 radical (unpaired) electrons. The van der Waals surface area contributed by atoms with Crippen LogP contribution in [0.3, 0.4) is 0 Å². The Morgan fingerprint density at radius 1 is 1.15 bits per heavy atom. The van der Waals surface area contributed by atoms with Crippen molar-refractivity contribution < 1.29 is 30.4 Å². The van der Waals surface area contributed by atoms with Crippen LogP contribution >= 0.6 is 0 Å². The second-order valence-electron chi connectivity index (χ2n) is 1.93. The van der Waals surface area contributed by atoms with Gasteiger partial charge in [-0.2, -0.15) is 27.2 Å². The molecule has 0 saturated heterocycles. The van der Waals surface area contributed by atoms with Gasteiger partial charge in [0.2, 0.25) is 9.84 Å². The molecule has 0 aromatic carbocycles. The minimum absolute atomic E-state index is 0.718. The summed E-state index contributed by atoms with van der Waals surface area (Å²) in [6, 6.07) is 0.718. The van der Waals surface area contributed by atoms with E-state index in [1.807, 2.05) is 0 Å². The smallest absolute Gasteiger partial charge is 0.221 e. The SMILES string of the molecule is N#CCS(=O)(=O)C(F)(F)C(F)(F)F. The summed E-state index contributed by atoms with van der Waals surface area (Å²) >= 11 is 0. The number of alkyl halides is 5. The van der Waals surface area contributed by atoms with Gasteiger partial charge in [0.15, 0.2) is 0 Å². The Kier molecular flexibility index (Phi) is 2.88. The summed E-state index contributed by atoms with van der Waals surface area (Å²) in [7, 11) is -5.79. The van der Waals surface area contributed by atoms with E-state index in [-0.39, 0.29) is 0 Å². The van der Waals surface area contributed by atoms with E-state index in [4.69, 9.17) is 5.26 Å². The lowest BCUT2D eigenvalue weighted by molar-refractivity contribution is -0.241. The molecular weight excluding hydrogens is 221 g/mol. The lowest BCUT2D eigenvalue weighted by Crippen LogP contribution is -2.44. The van der Waals surface area contributed by atoms with Gasteiger partial charge < -0.3 is 0 Å². The van der Waals surface area contributed by atoms with Gasteiger partial charge in [-0.05, 0) is 0 Å². The van der Waals surface area contributed by atoms with Crippen molar-refractivity contribution in [3.05, 3.63) is 0 Å². The average molecular weight is 223 g/mol. The predicted molar refractivity (Wildman–Crippen MR) is 30.4 cm³/mol. The molecule has 0 aromatic heterocycles. The van der Waals surface area contributed by atoms with E-state index in [2.05, 4.69) is 0 Å². The molecule has 0 aliphatic carbocycles. The number of nitrogens with zero attached hydrogens (tertiary/aromatic N) is 1. The number of sulfone groups is 1. The molecule has 0 saturated carbocycles. The molecule has 0 rings (SSSR count). The predicted octanol–water partition coefficient (Wildman–Crippen LogP) is 1.08. The fraction of sp³-hybridized carbons (Fsp3) is 0.750. The minimum Gasteiger partial charge on any atom is -0.221 e. The van der Waals surface area contributed by atoms with E-state index in [0.29, 0.717) is 0 Å². The molecular formula is C4H2F5NO2S. The number of rotatable bonds is 2. The largest absolute Gasteiger partial charge is 0.469 e. The van der Waals surface area contributed by atoms with Crippen LogP contribution in [0.15, 0.2) is 0 Å². The van der Waals surface area contributed by atoms with Gasteiger partial charge in [0.25, 0.3) is 0 Å². The molecule has 0 amide bonds. The molecule has 13 heavy (non-hydrogen) atoms. The molecule has 9 heteroatoms. The molecule has 76 valence electrons. The van der Waals surface area contributed by atoms with Crippen LogP contribution in [0.1, 0.15) is 0 Å². The summed E-state index contributed by atoms with van der Waals surface area (Å²) in [5, 5.41) is 1.84. The molecule has 0 atom stereocenters. The third-order valence-corrected chi connectivity index (χ3v) is 2.50. The quantitative estimate of drug-likeness (QED) is 0.658. The van der Waals surface area contributed by atoms with Crippen LogP contribution in [0.4, 0.5) is 22.0 Å². The summed E-state index contributed by atoms with van der Waals surface area (Å²) < 4.78 is 78.7. The Hall–Kier alpha value is -0.910. The lowest BCUT2D eigenvalue weighted by atomic mass is 10.7.